The fourth-order valence-corrected chi connectivity index (χ4v) is 2.73. The van der Waals surface area contributed by atoms with Gasteiger partial charge in [-0.25, -0.2) is 0 Å². The van der Waals surface area contributed by atoms with Crippen LogP contribution in [0.1, 0.15) is 0 Å². The first-order chi connectivity index (χ1) is 11.7. The Balaban J connectivity index is 1.58. The molecular weight excluding hydrogens is 384 g/mol. The van der Waals surface area contributed by atoms with Crippen LogP contribution in [-0.4, -0.2) is 5.11 Å². The Hall–Kier alpha value is -2.37. The molecule has 0 amide bonds. The van der Waals surface area contributed by atoms with Gasteiger partial charge in [0, 0.05) is 15.8 Å². The number of anilines is 2. The van der Waals surface area contributed by atoms with Gasteiger partial charge < -0.3 is 15.4 Å². The second-order valence-corrected chi connectivity index (χ2v) is 6.35. The predicted octanol–water partition coefficient (Wildman–Crippen LogP) is 6.05. The smallest absolute Gasteiger partial charge is 0.175 e. The molecule has 0 heterocycles. The number of para-hydroxylation sites is 1. The molecule has 2 N–H and O–H groups in total. The molecule has 0 aliphatic carbocycles. The van der Waals surface area contributed by atoms with E-state index in [0.717, 1.165) is 27.3 Å². The average Bonchev–Trinajstić information content (AvgIpc) is 2.57. The molecule has 0 saturated carbocycles. The molecule has 0 radical (unpaired) electrons. The Bertz CT molecular complexity index is 822. The Kier molecular flexibility index (Phi) is 5.46. The molecule has 0 unspecified atom stereocenters. The Morgan fingerprint density at radius 1 is 0.750 bits per heavy atom. The highest BCUT2D eigenvalue weighted by Gasteiger charge is 2.01. The molecule has 0 spiro atoms. The standard InChI is InChI=1S/C19H15BrN2OS/c20-14-5-4-6-16(13-14)22-19(24)21-15-9-11-18(12-10-15)23-17-7-2-1-3-8-17/h1-13H,(H2,21,22,24). The van der Waals surface area contributed by atoms with Crippen LogP contribution in [0, 0.1) is 0 Å². The van der Waals surface area contributed by atoms with E-state index in [4.69, 9.17) is 17.0 Å². The molecule has 3 rings (SSSR count). The summed E-state index contributed by atoms with van der Waals surface area (Å²) in [7, 11) is 0. The van der Waals surface area contributed by atoms with Crippen molar-refractivity contribution in [3.05, 3.63) is 83.3 Å². The fraction of sp³-hybridized carbons (Fsp3) is 0. The van der Waals surface area contributed by atoms with Crippen LogP contribution in [-0.2, 0) is 0 Å². The van der Waals surface area contributed by atoms with Crippen LogP contribution in [0.5, 0.6) is 11.5 Å². The predicted molar refractivity (Wildman–Crippen MR) is 107 cm³/mol. The van der Waals surface area contributed by atoms with Crippen LogP contribution in [0.4, 0.5) is 11.4 Å². The van der Waals surface area contributed by atoms with E-state index < -0.39 is 0 Å². The van der Waals surface area contributed by atoms with Crippen LogP contribution in [0.3, 0.4) is 0 Å². The van der Waals surface area contributed by atoms with E-state index in [0.29, 0.717) is 5.11 Å². The van der Waals surface area contributed by atoms with Gasteiger partial charge in [0.2, 0.25) is 0 Å². The van der Waals surface area contributed by atoms with Crippen molar-refractivity contribution in [1.82, 2.24) is 0 Å². The average molecular weight is 399 g/mol. The minimum absolute atomic E-state index is 0.532. The zero-order chi connectivity index (χ0) is 16.8. The van der Waals surface area contributed by atoms with Crippen LogP contribution in [0.2, 0.25) is 0 Å². The maximum Gasteiger partial charge on any atom is 0.175 e. The third kappa shape index (κ3) is 4.81. The van der Waals surface area contributed by atoms with Crippen LogP contribution in [0.15, 0.2) is 83.3 Å². The summed E-state index contributed by atoms with van der Waals surface area (Å²) in [5, 5.41) is 6.83. The highest BCUT2D eigenvalue weighted by atomic mass is 79.9. The van der Waals surface area contributed by atoms with E-state index in [-0.39, 0.29) is 0 Å². The lowest BCUT2D eigenvalue weighted by atomic mass is 10.3. The zero-order valence-corrected chi connectivity index (χ0v) is 15.1. The summed E-state index contributed by atoms with van der Waals surface area (Å²) in [5.74, 6) is 1.59. The van der Waals surface area contributed by atoms with Crippen LogP contribution >= 0.6 is 28.1 Å². The summed E-state index contributed by atoms with van der Waals surface area (Å²) < 4.78 is 6.76. The van der Waals surface area contributed by atoms with Crippen LogP contribution < -0.4 is 15.4 Å². The first-order valence-corrected chi connectivity index (χ1v) is 8.56. The van der Waals surface area contributed by atoms with Gasteiger partial charge in [-0.05, 0) is 66.8 Å². The molecule has 0 aromatic heterocycles. The lowest BCUT2D eigenvalue weighted by Crippen LogP contribution is -2.18. The van der Waals surface area contributed by atoms with E-state index in [1.165, 1.54) is 0 Å². The highest BCUT2D eigenvalue weighted by molar-refractivity contribution is 9.10. The van der Waals surface area contributed by atoms with Gasteiger partial charge in [0.25, 0.3) is 0 Å². The summed E-state index contributed by atoms with van der Waals surface area (Å²) in [5.41, 5.74) is 1.81. The number of hydrogen-bond donors (Lipinski definition) is 2. The molecular formula is C19H15BrN2OS. The number of thiocarbonyl (C=S) groups is 1. The fourth-order valence-electron chi connectivity index (χ4n) is 2.09. The quantitative estimate of drug-likeness (QED) is 0.524. The van der Waals surface area contributed by atoms with Crippen molar-refractivity contribution in [3.63, 3.8) is 0 Å². The monoisotopic (exact) mass is 398 g/mol. The molecule has 5 heteroatoms. The molecule has 0 atom stereocenters. The zero-order valence-electron chi connectivity index (χ0n) is 12.7. The van der Waals surface area contributed by atoms with Crippen molar-refractivity contribution in [1.29, 1.82) is 0 Å². The normalized spacial score (nSPS) is 10.0. The first-order valence-electron chi connectivity index (χ1n) is 7.35. The Morgan fingerprint density at radius 3 is 2.12 bits per heavy atom. The highest BCUT2D eigenvalue weighted by Crippen LogP contribution is 2.23. The van der Waals surface area contributed by atoms with Gasteiger partial charge in [0.05, 0.1) is 0 Å². The van der Waals surface area contributed by atoms with Gasteiger partial charge in [-0.15, -0.1) is 0 Å². The molecule has 0 saturated heterocycles. The maximum atomic E-state index is 5.77. The number of nitrogens with one attached hydrogen (secondary N) is 2. The van der Waals surface area contributed by atoms with E-state index >= 15 is 0 Å². The summed E-state index contributed by atoms with van der Waals surface area (Å²) in [6.45, 7) is 0. The van der Waals surface area contributed by atoms with Gasteiger partial charge >= 0.3 is 0 Å². The van der Waals surface area contributed by atoms with E-state index in [1.54, 1.807) is 0 Å². The van der Waals surface area contributed by atoms with Gasteiger partial charge in [-0.1, -0.05) is 40.2 Å². The maximum absolute atomic E-state index is 5.77. The van der Waals surface area contributed by atoms with E-state index in [2.05, 4.69) is 26.6 Å². The van der Waals surface area contributed by atoms with Gasteiger partial charge in [-0.3, -0.25) is 0 Å². The molecule has 3 nitrogen and oxygen atoms in total. The molecule has 0 aliphatic heterocycles. The third-order valence-corrected chi connectivity index (χ3v) is 3.87. The second kappa shape index (κ2) is 7.95. The largest absolute Gasteiger partial charge is 0.457 e. The SMILES string of the molecule is S=C(Nc1ccc(Oc2ccccc2)cc1)Nc1cccc(Br)c1. The lowest BCUT2D eigenvalue weighted by Gasteiger charge is -2.11. The molecule has 120 valence electrons. The first kappa shape index (κ1) is 16.5. The van der Waals surface area contributed by atoms with Gasteiger partial charge in [0.1, 0.15) is 11.5 Å². The number of benzene rings is 3. The number of halogens is 1. The van der Waals surface area contributed by atoms with Crippen molar-refractivity contribution >= 4 is 44.6 Å². The van der Waals surface area contributed by atoms with Gasteiger partial charge in [-0.2, -0.15) is 0 Å². The summed E-state index contributed by atoms with van der Waals surface area (Å²) >= 11 is 8.77. The lowest BCUT2D eigenvalue weighted by molar-refractivity contribution is 0.483. The Labute approximate surface area is 154 Å². The molecule has 0 aliphatic rings. The van der Waals surface area contributed by atoms with E-state index in [9.17, 15) is 0 Å². The van der Waals surface area contributed by atoms with Crippen molar-refractivity contribution in [2.45, 2.75) is 0 Å². The molecule has 3 aromatic carbocycles. The van der Waals surface area contributed by atoms with Crippen molar-refractivity contribution in [2.24, 2.45) is 0 Å². The van der Waals surface area contributed by atoms with Crippen molar-refractivity contribution < 1.29 is 4.74 Å². The molecule has 24 heavy (non-hydrogen) atoms. The second-order valence-electron chi connectivity index (χ2n) is 5.03. The number of ether oxygens (including phenoxy) is 1. The van der Waals surface area contributed by atoms with E-state index in [1.807, 2.05) is 78.9 Å². The van der Waals surface area contributed by atoms with Crippen molar-refractivity contribution in [2.75, 3.05) is 10.6 Å². The van der Waals surface area contributed by atoms with Gasteiger partial charge in [0.15, 0.2) is 5.11 Å². The number of hydrogen-bond acceptors (Lipinski definition) is 2. The topological polar surface area (TPSA) is 33.3 Å². The summed E-state index contributed by atoms with van der Waals surface area (Å²) in [6, 6.07) is 25.2. The third-order valence-electron chi connectivity index (χ3n) is 3.17. The Morgan fingerprint density at radius 2 is 1.42 bits per heavy atom. The molecule has 0 fully saturated rings. The number of rotatable bonds is 4. The summed E-state index contributed by atoms with van der Waals surface area (Å²) in [4.78, 5) is 0. The molecule has 3 aromatic rings. The van der Waals surface area contributed by atoms with Crippen molar-refractivity contribution in [3.8, 4) is 11.5 Å². The summed E-state index contributed by atoms with van der Waals surface area (Å²) in [6.07, 6.45) is 0. The minimum Gasteiger partial charge on any atom is -0.457 e. The molecule has 0 bridgehead atoms. The van der Waals surface area contributed by atoms with Crippen LogP contribution in [0.25, 0.3) is 0 Å². The minimum atomic E-state index is 0.532.